The van der Waals surface area contributed by atoms with Crippen LogP contribution in [0.5, 0.6) is 0 Å². The SMILES string of the molecule is C[C@@H](N)c1ccc(S(F)(F)(F)(F)F)cc1F.C[C@@H](NS(=O)C(C)(C)C)c1ccc(S(F)(F)(F)(F)F)cc1F. The summed E-state index contributed by atoms with van der Waals surface area (Å²) in [6.07, 6.45) is 0. The lowest BCUT2D eigenvalue weighted by Crippen LogP contribution is -2.35. The van der Waals surface area contributed by atoms with E-state index < -0.39 is 69.7 Å². The largest absolute Gasteiger partial charge is 0.324 e. The Hall–Kier alpha value is -1.63. The molecule has 0 aliphatic heterocycles. The van der Waals surface area contributed by atoms with Gasteiger partial charge < -0.3 is 5.73 Å². The lowest BCUT2D eigenvalue weighted by molar-refractivity contribution is 0.359. The Labute approximate surface area is 214 Å². The molecular formula is C20H26F12N2OS3. The van der Waals surface area contributed by atoms with Crippen molar-refractivity contribution in [1.29, 1.82) is 0 Å². The molecule has 2 aromatic rings. The normalized spacial score (nSPS) is 19.0. The number of halogens is 12. The number of benzene rings is 2. The summed E-state index contributed by atoms with van der Waals surface area (Å²) in [5, 5.41) is 0. The summed E-state index contributed by atoms with van der Waals surface area (Å²) in [5.74, 6) is -2.82. The molecule has 0 fully saturated rings. The van der Waals surface area contributed by atoms with Gasteiger partial charge in [-0.25, -0.2) is 17.7 Å². The summed E-state index contributed by atoms with van der Waals surface area (Å²) in [4.78, 5) is -4.53. The smallest absolute Gasteiger partial charge is 0.310 e. The number of hydrogen-bond donors (Lipinski definition) is 2. The molecule has 0 aliphatic rings. The molecule has 0 radical (unpaired) electrons. The highest BCUT2D eigenvalue weighted by Crippen LogP contribution is 3.02. The maximum Gasteiger partial charge on any atom is 0.310 e. The van der Waals surface area contributed by atoms with Gasteiger partial charge in [0.2, 0.25) is 0 Å². The third-order valence-corrected chi connectivity index (χ3v) is 8.60. The van der Waals surface area contributed by atoms with Crippen LogP contribution in [-0.2, 0) is 11.0 Å². The monoisotopic (exact) mass is 634 g/mol. The first kappa shape index (κ1) is 34.4. The summed E-state index contributed by atoms with van der Waals surface area (Å²) < 4.78 is 165. The van der Waals surface area contributed by atoms with Crippen molar-refractivity contribution in [2.75, 3.05) is 0 Å². The van der Waals surface area contributed by atoms with Crippen molar-refractivity contribution in [1.82, 2.24) is 4.72 Å². The van der Waals surface area contributed by atoms with Crippen LogP contribution in [0.1, 0.15) is 57.8 Å². The van der Waals surface area contributed by atoms with Gasteiger partial charge in [0.15, 0.2) is 0 Å². The second-order valence-electron chi connectivity index (χ2n) is 9.31. The molecule has 224 valence electrons. The molecular weight excluding hydrogens is 608 g/mol. The van der Waals surface area contributed by atoms with Crippen molar-refractivity contribution >= 4 is 31.4 Å². The first-order valence-electron chi connectivity index (χ1n) is 10.2. The zero-order valence-corrected chi connectivity index (χ0v) is 22.8. The van der Waals surface area contributed by atoms with E-state index in [4.69, 9.17) is 5.73 Å². The van der Waals surface area contributed by atoms with Gasteiger partial charge >= 0.3 is 20.4 Å². The molecule has 0 saturated carbocycles. The summed E-state index contributed by atoms with van der Waals surface area (Å²) in [7, 11) is -21.3. The van der Waals surface area contributed by atoms with Gasteiger partial charge in [0.1, 0.15) is 21.4 Å². The Morgan fingerprint density at radius 3 is 1.34 bits per heavy atom. The topological polar surface area (TPSA) is 55.1 Å². The fraction of sp³-hybridized carbons (Fsp3) is 0.400. The predicted molar refractivity (Wildman–Crippen MR) is 128 cm³/mol. The highest BCUT2D eigenvalue weighted by atomic mass is 32.5. The molecule has 0 aliphatic carbocycles. The van der Waals surface area contributed by atoms with E-state index in [2.05, 4.69) is 4.72 Å². The van der Waals surface area contributed by atoms with Crippen molar-refractivity contribution in [2.24, 2.45) is 5.73 Å². The van der Waals surface area contributed by atoms with Gasteiger partial charge in [-0.05, 0) is 58.9 Å². The van der Waals surface area contributed by atoms with Gasteiger partial charge in [0.05, 0.1) is 15.7 Å². The molecule has 2 aromatic carbocycles. The van der Waals surface area contributed by atoms with Crippen LogP contribution in [0.3, 0.4) is 0 Å². The molecule has 0 heterocycles. The van der Waals surface area contributed by atoms with Crippen molar-refractivity contribution in [3.8, 4) is 0 Å². The fourth-order valence-electron chi connectivity index (χ4n) is 2.62. The van der Waals surface area contributed by atoms with E-state index in [0.29, 0.717) is 12.1 Å². The van der Waals surface area contributed by atoms with Gasteiger partial charge in [-0.15, -0.1) is 0 Å². The first-order valence-corrected chi connectivity index (χ1v) is 15.3. The van der Waals surface area contributed by atoms with Gasteiger partial charge in [0.25, 0.3) is 0 Å². The van der Waals surface area contributed by atoms with Gasteiger partial charge in [-0.1, -0.05) is 51.0 Å². The molecule has 0 bridgehead atoms. The number of nitrogens with one attached hydrogen (secondary N) is 1. The molecule has 3 nitrogen and oxygen atoms in total. The summed E-state index contributed by atoms with van der Waals surface area (Å²) in [6.45, 7) is 7.66. The first-order chi connectivity index (χ1) is 16.2. The molecule has 1 unspecified atom stereocenters. The van der Waals surface area contributed by atoms with Crippen LogP contribution < -0.4 is 10.5 Å². The molecule has 2 rings (SSSR count). The zero-order chi connectivity index (χ0) is 30.5. The average Bonchev–Trinajstić information content (AvgIpc) is 2.63. The lowest BCUT2D eigenvalue weighted by atomic mass is 10.1. The Morgan fingerprint density at radius 2 is 1.08 bits per heavy atom. The highest BCUT2D eigenvalue weighted by molar-refractivity contribution is 8.46. The molecule has 0 amide bonds. The van der Waals surface area contributed by atoms with E-state index in [1.807, 2.05) is 0 Å². The number of nitrogens with two attached hydrogens (primary N) is 1. The molecule has 3 atom stereocenters. The van der Waals surface area contributed by atoms with E-state index in [1.54, 1.807) is 20.8 Å². The van der Waals surface area contributed by atoms with Crippen molar-refractivity contribution in [3.63, 3.8) is 0 Å². The van der Waals surface area contributed by atoms with Crippen molar-refractivity contribution < 1.29 is 51.8 Å². The third-order valence-electron chi connectivity index (χ3n) is 4.63. The Kier molecular flexibility index (Phi) is 8.09. The van der Waals surface area contributed by atoms with Crippen LogP contribution in [0.15, 0.2) is 46.2 Å². The summed E-state index contributed by atoms with van der Waals surface area (Å²) >= 11 is 0. The lowest BCUT2D eigenvalue weighted by Gasteiger charge is -2.40. The van der Waals surface area contributed by atoms with Crippen LogP contribution in [0.2, 0.25) is 0 Å². The highest BCUT2D eigenvalue weighted by Gasteiger charge is 2.66. The minimum atomic E-state index is -9.91. The van der Waals surface area contributed by atoms with Gasteiger partial charge in [0, 0.05) is 23.2 Å². The Bertz CT molecular complexity index is 1230. The molecule has 0 spiro atoms. The zero-order valence-electron chi connectivity index (χ0n) is 20.4. The van der Waals surface area contributed by atoms with E-state index in [1.165, 1.54) is 13.8 Å². The second-order valence-corrected chi connectivity index (χ2v) is 16.1. The van der Waals surface area contributed by atoms with Crippen LogP contribution >= 0.6 is 20.4 Å². The van der Waals surface area contributed by atoms with Crippen molar-refractivity contribution in [2.45, 2.75) is 61.2 Å². The summed E-state index contributed by atoms with van der Waals surface area (Å²) in [5.41, 5.74) is 4.72. The quantitative estimate of drug-likeness (QED) is 0.311. The van der Waals surface area contributed by atoms with E-state index in [0.717, 1.165) is 0 Å². The average molecular weight is 635 g/mol. The molecule has 0 saturated heterocycles. The Balaban J connectivity index is 0.000000399. The molecule has 18 heteroatoms. The fourth-order valence-corrected chi connectivity index (χ4v) is 4.72. The van der Waals surface area contributed by atoms with Crippen LogP contribution in [0, 0.1) is 11.6 Å². The molecule has 3 N–H and O–H groups in total. The van der Waals surface area contributed by atoms with Gasteiger partial charge in [-0.3, -0.25) is 0 Å². The minimum Gasteiger partial charge on any atom is -0.324 e. The molecule has 0 aromatic heterocycles. The maximum absolute atomic E-state index is 13.8. The Morgan fingerprint density at radius 1 is 0.737 bits per heavy atom. The number of rotatable bonds is 6. The standard InChI is InChI=1S/C12H17F6NOS2.C8H9F6NS/c1-8(19-21(20)12(2,3)4)10-6-5-9(7-11(10)13)22(14,15,16,17)18;1-5(15)7-3-2-6(4-8(7)9)16(10,11,12,13)14/h5-8,19H,1-4H3;2-5H,15H2,1H3/t8-,21?;5-/m11/s1. The predicted octanol–water partition coefficient (Wildman–Crippen LogP) is 10.1. The van der Waals surface area contributed by atoms with E-state index >= 15 is 0 Å². The number of hydrogen-bond acceptors (Lipinski definition) is 2. The van der Waals surface area contributed by atoms with Crippen molar-refractivity contribution in [3.05, 3.63) is 59.2 Å². The van der Waals surface area contributed by atoms with Crippen LogP contribution in [-0.4, -0.2) is 8.96 Å². The minimum absolute atomic E-state index is 0.137. The third kappa shape index (κ3) is 9.84. The van der Waals surface area contributed by atoms with E-state index in [-0.39, 0.29) is 35.4 Å². The summed E-state index contributed by atoms with van der Waals surface area (Å²) in [6, 6.07) is -0.704. The van der Waals surface area contributed by atoms with E-state index in [9.17, 15) is 51.8 Å². The van der Waals surface area contributed by atoms with Crippen LogP contribution in [0.25, 0.3) is 0 Å². The van der Waals surface area contributed by atoms with Crippen LogP contribution in [0.4, 0.5) is 47.6 Å². The second kappa shape index (κ2) is 8.94. The maximum atomic E-state index is 13.8. The van der Waals surface area contributed by atoms with Gasteiger partial charge in [-0.2, -0.15) is 0 Å². The molecule has 38 heavy (non-hydrogen) atoms.